The van der Waals surface area contributed by atoms with Gasteiger partial charge in [-0.05, 0) is 32.0 Å². The van der Waals surface area contributed by atoms with Gasteiger partial charge in [0, 0.05) is 0 Å². The van der Waals surface area contributed by atoms with Gasteiger partial charge in [-0.15, -0.1) is 0 Å². The molecule has 0 N–H and O–H groups in total. The van der Waals surface area contributed by atoms with Gasteiger partial charge in [-0.1, -0.05) is 41.5 Å². The molecule has 0 aliphatic carbocycles. The third-order valence-corrected chi connectivity index (χ3v) is 2.72. The van der Waals surface area contributed by atoms with Crippen LogP contribution in [0.25, 0.3) is 0 Å². The summed E-state index contributed by atoms with van der Waals surface area (Å²) >= 11 is 0. The Morgan fingerprint density at radius 1 is 0.591 bits per heavy atom. The monoisotopic (exact) mass is 320 g/mol. The van der Waals surface area contributed by atoms with Crippen molar-refractivity contribution in [2.24, 2.45) is 0 Å². The van der Waals surface area contributed by atoms with Crippen LogP contribution in [0.3, 0.4) is 0 Å². The van der Waals surface area contributed by atoms with Crippen molar-refractivity contribution >= 4 is 0 Å². The van der Waals surface area contributed by atoms with Crippen LogP contribution in [0.15, 0.2) is 48.5 Å². The Morgan fingerprint density at radius 2 is 1.09 bits per heavy atom. The molecule has 2 aromatic rings. The van der Waals surface area contributed by atoms with Gasteiger partial charge in [0.05, 0.1) is 11.1 Å². The van der Waals surface area contributed by atoms with Crippen LogP contribution in [0, 0.1) is 13.8 Å². The van der Waals surface area contributed by atoms with Gasteiger partial charge in [-0.3, -0.25) is 0 Å². The highest BCUT2D eigenvalue weighted by molar-refractivity contribution is 5.24. The average Bonchev–Trinajstić information content (AvgIpc) is 2.38. The highest BCUT2D eigenvalue weighted by Gasteiger charge is 2.30. The first-order chi connectivity index (χ1) is 10.00. The molecule has 0 fully saturated rings. The first-order valence-corrected chi connectivity index (χ1v) is 6.28. The Kier molecular flexibility index (Phi) is 5.63. The van der Waals surface area contributed by atoms with Crippen molar-refractivity contribution in [1.82, 2.24) is 0 Å². The van der Waals surface area contributed by atoms with Crippen LogP contribution >= 0.6 is 0 Å². The highest BCUT2D eigenvalue weighted by Crippen LogP contribution is 2.29. The van der Waals surface area contributed by atoms with E-state index < -0.39 is 23.5 Å². The van der Waals surface area contributed by atoms with Crippen LogP contribution in [0.4, 0.5) is 26.3 Å². The Balaban J connectivity index is 0.000000220. The summed E-state index contributed by atoms with van der Waals surface area (Å²) < 4.78 is 71.7. The maximum atomic E-state index is 12.0. The molecule has 0 aromatic heterocycles. The Morgan fingerprint density at radius 3 is 1.45 bits per heavy atom. The number of hydrogen-bond donors (Lipinski definition) is 0. The summed E-state index contributed by atoms with van der Waals surface area (Å²) in [4.78, 5) is 0. The van der Waals surface area contributed by atoms with E-state index >= 15 is 0 Å². The van der Waals surface area contributed by atoms with E-state index in [-0.39, 0.29) is 0 Å². The van der Waals surface area contributed by atoms with E-state index in [2.05, 4.69) is 0 Å². The van der Waals surface area contributed by atoms with E-state index in [0.717, 1.165) is 29.8 Å². The number of halogens is 6. The van der Waals surface area contributed by atoms with Crippen molar-refractivity contribution in [2.45, 2.75) is 26.2 Å². The van der Waals surface area contributed by atoms with E-state index in [1.807, 2.05) is 0 Å². The molecule has 0 heterocycles. The summed E-state index contributed by atoms with van der Waals surface area (Å²) in [5, 5.41) is 0. The maximum Gasteiger partial charge on any atom is 0.416 e. The molecule has 22 heavy (non-hydrogen) atoms. The van der Waals surface area contributed by atoms with Crippen LogP contribution in [-0.4, -0.2) is 0 Å². The second kappa shape index (κ2) is 6.85. The molecule has 0 saturated heterocycles. The smallest absolute Gasteiger partial charge is 0.166 e. The third-order valence-electron chi connectivity index (χ3n) is 2.72. The molecule has 0 amide bonds. The fraction of sp³-hybridized carbons (Fsp3) is 0.250. The van der Waals surface area contributed by atoms with E-state index in [1.54, 1.807) is 19.9 Å². The summed E-state index contributed by atoms with van der Waals surface area (Å²) in [5.41, 5.74) is 0.276. The Hall–Kier alpha value is -1.98. The Labute approximate surface area is 124 Å². The zero-order valence-corrected chi connectivity index (χ0v) is 11.9. The van der Waals surface area contributed by atoms with Gasteiger partial charge >= 0.3 is 12.4 Å². The van der Waals surface area contributed by atoms with Crippen LogP contribution in [0.1, 0.15) is 22.3 Å². The fourth-order valence-electron chi connectivity index (χ4n) is 1.56. The minimum Gasteiger partial charge on any atom is -0.166 e. The summed E-state index contributed by atoms with van der Waals surface area (Å²) in [7, 11) is 0. The third kappa shape index (κ3) is 5.79. The fourth-order valence-corrected chi connectivity index (χ4v) is 1.56. The number of hydrogen-bond acceptors (Lipinski definition) is 0. The normalized spacial score (nSPS) is 11.6. The summed E-state index contributed by atoms with van der Waals surface area (Å²) in [5.74, 6) is 0. The predicted molar refractivity (Wildman–Crippen MR) is 72.4 cm³/mol. The van der Waals surface area contributed by atoms with E-state index in [0.29, 0.717) is 5.56 Å². The van der Waals surface area contributed by atoms with E-state index in [9.17, 15) is 26.3 Å². The molecule has 2 aromatic carbocycles. The van der Waals surface area contributed by atoms with Crippen LogP contribution in [0.5, 0.6) is 0 Å². The van der Waals surface area contributed by atoms with Crippen molar-refractivity contribution in [1.29, 1.82) is 0 Å². The van der Waals surface area contributed by atoms with Crippen molar-refractivity contribution in [3.8, 4) is 0 Å². The molecular formula is C16H14F6. The predicted octanol–water partition coefficient (Wildman–Crippen LogP) is 6.03. The van der Waals surface area contributed by atoms with Gasteiger partial charge in [0.15, 0.2) is 0 Å². The number of alkyl halides is 6. The lowest BCUT2D eigenvalue weighted by molar-refractivity contribution is -0.138. The minimum absolute atomic E-state index is 0.586. The number of rotatable bonds is 0. The second-order valence-corrected chi connectivity index (χ2v) is 4.73. The summed E-state index contributed by atoms with van der Waals surface area (Å²) in [6.45, 7) is 3.38. The van der Waals surface area contributed by atoms with Gasteiger partial charge in [0.1, 0.15) is 0 Å². The van der Waals surface area contributed by atoms with Crippen LogP contribution < -0.4 is 0 Å². The van der Waals surface area contributed by atoms with Crippen molar-refractivity contribution in [3.05, 3.63) is 70.8 Å². The molecule has 0 aliphatic heterocycles. The van der Waals surface area contributed by atoms with Crippen molar-refractivity contribution < 1.29 is 26.3 Å². The molecule has 0 unspecified atom stereocenters. The molecule has 120 valence electrons. The summed E-state index contributed by atoms with van der Waals surface area (Å²) in [6.07, 6.45) is -8.43. The lowest BCUT2D eigenvalue weighted by Gasteiger charge is -2.05. The molecular weight excluding hydrogens is 306 g/mol. The molecule has 0 bridgehead atoms. The number of aryl methyl sites for hydroxylation is 2. The molecule has 0 saturated carbocycles. The average molecular weight is 320 g/mol. The van der Waals surface area contributed by atoms with Gasteiger partial charge in [0.25, 0.3) is 0 Å². The standard InChI is InChI=1S/2C8H7F3/c1-6-2-4-7(5-3-6)8(9,10)11;1-6-3-2-4-7(5-6)8(9,10)11/h2*2-5H,1H3. The maximum absolute atomic E-state index is 12.0. The summed E-state index contributed by atoms with van der Waals surface area (Å²) in [6, 6.07) is 10.3. The first-order valence-electron chi connectivity index (χ1n) is 6.28. The minimum atomic E-state index is -4.22. The first kappa shape index (κ1) is 18.1. The quantitative estimate of drug-likeness (QED) is 0.520. The van der Waals surface area contributed by atoms with Gasteiger partial charge in [-0.25, -0.2) is 0 Å². The molecule has 2 rings (SSSR count). The van der Waals surface area contributed by atoms with Crippen molar-refractivity contribution in [2.75, 3.05) is 0 Å². The topological polar surface area (TPSA) is 0 Å². The molecule has 0 radical (unpaired) electrons. The zero-order chi connectivity index (χ0) is 17.0. The SMILES string of the molecule is Cc1ccc(C(F)(F)F)cc1.Cc1cccc(C(F)(F)F)c1. The van der Waals surface area contributed by atoms with Crippen molar-refractivity contribution in [3.63, 3.8) is 0 Å². The second-order valence-electron chi connectivity index (χ2n) is 4.73. The Bertz CT molecular complexity index is 593. The lowest BCUT2D eigenvalue weighted by atomic mass is 10.1. The lowest BCUT2D eigenvalue weighted by Crippen LogP contribution is -2.04. The molecule has 0 aliphatic rings. The largest absolute Gasteiger partial charge is 0.416 e. The molecule has 0 nitrogen and oxygen atoms in total. The van der Waals surface area contributed by atoms with Crippen LogP contribution in [0.2, 0.25) is 0 Å². The van der Waals surface area contributed by atoms with Crippen LogP contribution in [-0.2, 0) is 12.4 Å². The van der Waals surface area contributed by atoms with E-state index in [1.165, 1.54) is 18.2 Å². The molecule has 6 heteroatoms. The van der Waals surface area contributed by atoms with E-state index in [4.69, 9.17) is 0 Å². The zero-order valence-electron chi connectivity index (χ0n) is 11.9. The van der Waals surface area contributed by atoms with Gasteiger partial charge < -0.3 is 0 Å². The number of benzene rings is 2. The molecule has 0 atom stereocenters. The molecule has 0 spiro atoms. The van der Waals surface area contributed by atoms with Gasteiger partial charge in [-0.2, -0.15) is 26.3 Å². The highest BCUT2D eigenvalue weighted by atomic mass is 19.4. The van der Waals surface area contributed by atoms with Gasteiger partial charge in [0.2, 0.25) is 0 Å².